The molecule has 1 saturated heterocycles. The molecule has 0 saturated carbocycles. The Kier molecular flexibility index (Phi) is 6.24. The summed E-state index contributed by atoms with van der Waals surface area (Å²) in [5.74, 6) is 0.0199. The molecule has 0 radical (unpaired) electrons. The quantitative estimate of drug-likeness (QED) is 0.821. The zero-order chi connectivity index (χ0) is 19.2. The molecule has 5 heteroatoms. The van der Waals surface area contributed by atoms with Gasteiger partial charge >= 0.3 is 0 Å². The third-order valence-electron chi connectivity index (χ3n) is 5.04. The zero-order valence-corrected chi connectivity index (χ0v) is 16.0. The summed E-state index contributed by atoms with van der Waals surface area (Å²) < 4.78 is 0. The van der Waals surface area contributed by atoms with Crippen molar-refractivity contribution in [1.29, 1.82) is 0 Å². The van der Waals surface area contributed by atoms with Crippen LogP contribution in [0.15, 0.2) is 54.6 Å². The van der Waals surface area contributed by atoms with Gasteiger partial charge in [0.25, 0.3) is 5.91 Å². The van der Waals surface area contributed by atoms with Crippen molar-refractivity contribution in [2.75, 3.05) is 32.1 Å². The van der Waals surface area contributed by atoms with Gasteiger partial charge in [0.05, 0.1) is 0 Å². The Morgan fingerprint density at radius 1 is 1.15 bits per heavy atom. The molecule has 0 aromatic heterocycles. The van der Waals surface area contributed by atoms with Crippen LogP contribution in [0.3, 0.4) is 0 Å². The lowest BCUT2D eigenvalue weighted by Crippen LogP contribution is -2.41. The van der Waals surface area contributed by atoms with E-state index in [1.807, 2.05) is 44.4 Å². The minimum atomic E-state index is -0.108. The number of carbonyl (C=O) groups excluding carboxylic acids is 2. The van der Waals surface area contributed by atoms with Crippen LogP contribution in [0.2, 0.25) is 0 Å². The lowest BCUT2D eigenvalue weighted by molar-refractivity contribution is -0.117. The predicted molar refractivity (Wildman–Crippen MR) is 108 cm³/mol. The molecule has 1 heterocycles. The van der Waals surface area contributed by atoms with Crippen molar-refractivity contribution in [1.82, 2.24) is 10.2 Å². The number of hydrogen-bond donors (Lipinski definition) is 1. The average Bonchev–Trinajstić information content (AvgIpc) is 3.11. The van der Waals surface area contributed by atoms with Crippen molar-refractivity contribution in [2.45, 2.75) is 25.3 Å². The second-order valence-electron chi connectivity index (χ2n) is 7.22. The number of rotatable bonds is 7. The molecular weight excluding hydrogens is 338 g/mol. The molecule has 1 fully saturated rings. The average molecular weight is 365 g/mol. The summed E-state index contributed by atoms with van der Waals surface area (Å²) in [7, 11) is 4.05. The molecule has 2 aromatic carbocycles. The van der Waals surface area contributed by atoms with Gasteiger partial charge in [-0.2, -0.15) is 0 Å². The van der Waals surface area contributed by atoms with E-state index < -0.39 is 0 Å². The molecule has 0 spiro atoms. The summed E-state index contributed by atoms with van der Waals surface area (Å²) in [6.45, 7) is 1.29. The van der Waals surface area contributed by atoms with Gasteiger partial charge in [-0.3, -0.25) is 9.59 Å². The second-order valence-corrected chi connectivity index (χ2v) is 7.22. The molecule has 1 unspecified atom stereocenters. The maximum atomic E-state index is 12.6. The summed E-state index contributed by atoms with van der Waals surface area (Å²) in [6, 6.07) is 17.8. The maximum absolute atomic E-state index is 12.6. The first-order chi connectivity index (χ1) is 13.0. The molecule has 2 aromatic rings. The normalized spacial score (nSPS) is 15.2. The van der Waals surface area contributed by atoms with Gasteiger partial charge in [0, 0.05) is 36.8 Å². The van der Waals surface area contributed by atoms with E-state index in [1.165, 1.54) is 5.56 Å². The third kappa shape index (κ3) is 4.95. The molecule has 27 heavy (non-hydrogen) atoms. The number of hydrogen-bond acceptors (Lipinski definition) is 3. The first-order valence-corrected chi connectivity index (χ1v) is 9.43. The predicted octanol–water partition coefficient (Wildman–Crippen LogP) is 2.72. The van der Waals surface area contributed by atoms with Crippen molar-refractivity contribution in [2.24, 2.45) is 0 Å². The van der Waals surface area contributed by atoms with Crippen LogP contribution in [0.5, 0.6) is 0 Å². The van der Waals surface area contributed by atoms with Gasteiger partial charge in [0.2, 0.25) is 5.91 Å². The van der Waals surface area contributed by atoms with Crippen LogP contribution in [0, 0.1) is 0 Å². The Labute approximate surface area is 161 Å². The Balaban J connectivity index is 1.63. The van der Waals surface area contributed by atoms with Crippen molar-refractivity contribution in [3.05, 3.63) is 65.7 Å². The van der Waals surface area contributed by atoms with Crippen LogP contribution < -0.4 is 10.2 Å². The number of nitrogens with zero attached hydrogens (tertiary/aromatic N) is 2. The zero-order valence-electron chi connectivity index (χ0n) is 16.0. The molecule has 1 aliphatic heterocycles. The summed E-state index contributed by atoms with van der Waals surface area (Å²) in [6.07, 6.45) is 2.33. The smallest absolute Gasteiger partial charge is 0.251 e. The van der Waals surface area contributed by atoms with Gasteiger partial charge in [-0.15, -0.1) is 0 Å². The molecule has 1 N–H and O–H groups in total. The maximum Gasteiger partial charge on any atom is 0.251 e. The van der Waals surface area contributed by atoms with E-state index in [2.05, 4.69) is 22.3 Å². The number of likely N-dealkylation sites (N-methyl/N-ethyl adjacent to an activating group) is 1. The Morgan fingerprint density at radius 3 is 2.59 bits per heavy atom. The van der Waals surface area contributed by atoms with Crippen molar-refractivity contribution in [3.63, 3.8) is 0 Å². The van der Waals surface area contributed by atoms with Crippen molar-refractivity contribution < 1.29 is 9.59 Å². The minimum absolute atomic E-state index is 0.108. The van der Waals surface area contributed by atoms with Gasteiger partial charge in [-0.05, 0) is 50.7 Å². The van der Waals surface area contributed by atoms with E-state index in [-0.39, 0.29) is 17.9 Å². The van der Waals surface area contributed by atoms with Crippen molar-refractivity contribution >= 4 is 17.5 Å². The van der Waals surface area contributed by atoms with Crippen LogP contribution in [0.25, 0.3) is 0 Å². The third-order valence-corrected chi connectivity index (χ3v) is 5.04. The van der Waals surface area contributed by atoms with Crippen molar-refractivity contribution in [3.8, 4) is 0 Å². The Morgan fingerprint density at radius 2 is 1.93 bits per heavy atom. The molecule has 1 aliphatic rings. The van der Waals surface area contributed by atoms with E-state index >= 15 is 0 Å². The minimum Gasteiger partial charge on any atom is -0.350 e. The van der Waals surface area contributed by atoms with Crippen LogP contribution in [0.1, 0.15) is 28.8 Å². The number of benzene rings is 2. The monoisotopic (exact) mass is 365 g/mol. The number of amides is 2. The highest BCUT2D eigenvalue weighted by atomic mass is 16.2. The molecule has 1 atom stereocenters. The molecule has 2 amide bonds. The Bertz CT molecular complexity index is 789. The first-order valence-electron chi connectivity index (χ1n) is 9.43. The van der Waals surface area contributed by atoms with E-state index in [0.717, 1.165) is 25.1 Å². The van der Waals surface area contributed by atoms with Crippen LogP contribution in [0.4, 0.5) is 5.69 Å². The highest BCUT2D eigenvalue weighted by Crippen LogP contribution is 2.22. The summed E-state index contributed by atoms with van der Waals surface area (Å²) in [5, 5.41) is 3.05. The van der Waals surface area contributed by atoms with Crippen LogP contribution >= 0.6 is 0 Å². The SMILES string of the molecule is CN(C)C(CNC(=O)c1cccc(N2CCCC2=O)c1)Cc1ccccc1. The standard InChI is InChI=1S/C22H27N3O2/c1-24(2)20(14-17-8-4-3-5-9-17)16-23-22(27)18-10-6-11-19(15-18)25-13-7-12-21(25)26/h3-6,8-11,15,20H,7,12-14,16H2,1-2H3,(H,23,27). The summed E-state index contributed by atoms with van der Waals surface area (Å²) in [5.41, 5.74) is 2.64. The van der Waals surface area contributed by atoms with Crippen LogP contribution in [-0.4, -0.2) is 49.9 Å². The molecule has 142 valence electrons. The molecule has 5 nitrogen and oxygen atoms in total. The number of anilines is 1. The first kappa shape index (κ1) is 19.1. The van der Waals surface area contributed by atoms with Gasteiger partial charge in [0.1, 0.15) is 0 Å². The van der Waals surface area contributed by atoms with E-state index in [0.29, 0.717) is 18.5 Å². The largest absolute Gasteiger partial charge is 0.350 e. The summed E-state index contributed by atoms with van der Waals surface area (Å²) in [4.78, 5) is 28.5. The van der Waals surface area contributed by atoms with Gasteiger partial charge in [-0.1, -0.05) is 36.4 Å². The molecule has 0 bridgehead atoms. The highest BCUT2D eigenvalue weighted by Gasteiger charge is 2.22. The fourth-order valence-corrected chi connectivity index (χ4v) is 3.37. The van der Waals surface area contributed by atoms with Gasteiger partial charge in [-0.25, -0.2) is 0 Å². The fraction of sp³-hybridized carbons (Fsp3) is 0.364. The van der Waals surface area contributed by atoms with E-state index in [9.17, 15) is 9.59 Å². The fourth-order valence-electron chi connectivity index (χ4n) is 3.37. The molecular formula is C22H27N3O2. The highest BCUT2D eigenvalue weighted by molar-refractivity contribution is 5.99. The van der Waals surface area contributed by atoms with Gasteiger partial charge < -0.3 is 15.1 Å². The number of carbonyl (C=O) groups is 2. The van der Waals surface area contributed by atoms with E-state index in [4.69, 9.17) is 0 Å². The van der Waals surface area contributed by atoms with Crippen LogP contribution in [-0.2, 0) is 11.2 Å². The number of nitrogens with one attached hydrogen (secondary N) is 1. The lowest BCUT2D eigenvalue weighted by Gasteiger charge is -2.25. The van der Waals surface area contributed by atoms with Gasteiger partial charge in [0.15, 0.2) is 0 Å². The second kappa shape index (κ2) is 8.82. The molecule has 3 rings (SSSR count). The topological polar surface area (TPSA) is 52.7 Å². The Hall–Kier alpha value is -2.66. The summed E-state index contributed by atoms with van der Waals surface area (Å²) >= 11 is 0. The van der Waals surface area contributed by atoms with E-state index in [1.54, 1.807) is 17.0 Å². The lowest BCUT2D eigenvalue weighted by atomic mass is 10.0. The molecule has 0 aliphatic carbocycles.